The Kier molecular flexibility index (Phi) is 3.44. The number of aryl methyl sites for hydroxylation is 4. The molecule has 0 amide bonds. The van der Waals surface area contributed by atoms with Gasteiger partial charge in [0.25, 0.3) is 0 Å². The summed E-state index contributed by atoms with van der Waals surface area (Å²) in [6.45, 7) is 4.09. The van der Waals surface area contributed by atoms with Crippen molar-refractivity contribution in [3.63, 3.8) is 0 Å². The van der Waals surface area contributed by atoms with Gasteiger partial charge in [0.1, 0.15) is 5.82 Å². The van der Waals surface area contributed by atoms with E-state index < -0.39 is 0 Å². The maximum absolute atomic E-state index is 4.68. The number of anilines is 1. The molecule has 120 valence electrons. The molecule has 1 aliphatic heterocycles. The first-order valence-electron chi connectivity index (χ1n) is 8.02. The van der Waals surface area contributed by atoms with Crippen molar-refractivity contribution in [2.45, 2.75) is 32.6 Å². The Bertz CT molecular complexity index is 827. The third-order valence-corrected chi connectivity index (χ3v) is 4.26. The van der Waals surface area contributed by atoms with E-state index in [0.29, 0.717) is 0 Å². The molecule has 3 aromatic rings. The fourth-order valence-electron chi connectivity index (χ4n) is 2.98. The molecule has 0 aliphatic carbocycles. The van der Waals surface area contributed by atoms with Gasteiger partial charge in [-0.3, -0.25) is 9.67 Å². The molecule has 0 atom stereocenters. The first-order chi connectivity index (χ1) is 11.2. The molecule has 0 N–H and O–H groups in total. The van der Waals surface area contributed by atoms with E-state index in [-0.39, 0.29) is 0 Å². The lowest BCUT2D eigenvalue weighted by Crippen LogP contribution is -2.19. The summed E-state index contributed by atoms with van der Waals surface area (Å²) in [6, 6.07) is 0. The Morgan fingerprint density at radius 1 is 1.04 bits per heavy atom. The van der Waals surface area contributed by atoms with Crippen molar-refractivity contribution in [2.75, 3.05) is 18.0 Å². The average Bonchev–Trinajstić information content (AvgIpc) is 3.24. The normalized spacial score (nSPS) is 15.0. The van der Waals surface area contributed by atoms with Gasteiger partial charge in [0.2, 0.25) is 5.95 Å². The molecule has 0 aromatic carbocycles. The summed E-state index contributed by atoms with van der Waals surface area (Å²) >= 11 is 0. The summed E-state index contributed by atoms with van der Waals surface area (Å²) in [5.74, 6) is 2.63. The topological polar surface area (TPSA) is 77.0 Å². The Hall–Kier alpha value is -2.51. The van der Waals surface area contributed by atoms with Gasteiger partial charge >= 0.3 is 0 Å². The Morgan fingerprint density at radius 2 is 1.87 bits per heavy atom. The van der Waals surface area contributed by atoms with Crippen molar-refractivity contribution in [1.82, 2.24) is 34.3 Å². The highest BCUT2D eigenvalue weighted by atomic mass is 15.4. The van der Waals surface area contributed by atoms with Crippen LogP contribution < -0.4 is 4.90 Å². The Labute approximate surface area is 134 Å². The van der Waals surface area contributed by atoms with Crippen LogP contribution in [0, 0.1) is 6.92 Å². The number of fused-ring (bicyclic) bond motifs is 1. The molecule has 8 nitrogen and oxygen atoms in total. The summed E-state index contributed by atoms with van der Waals surface area (Å²) < 4.78 is 3.70. The van der Waals surface area contributed by atoms with Crippen LogP contribution in [0.2, 0.25) is 0 Å². The fraction of sp³-hybridized carbons (Fsp3) is 0.533. The van der Waals surface area contributed by atoms with Gasteiger partial charge in [-0.1, -0.05) is 0 Å². The minimum atomic E-state index is 0.743. The molecule has 0 unspecified atom stereocenters. The highest BCUT2D eigenvalue weighted by Gasteiger charge is 2.18. The summed E-state index contributed by atoms with van der Waals surface area (Å²) in [6.07, 6.45) is 7.50. The van der Waals surface area contributed by atoms with E-state index in [4.69, 9.17) is 0 Å². The van der Waals surface area contributed by atoms with Crippen LogP contribution in [0.1, 0.15) is 30.2 Å². The number of hydrogen-bond acceptors (Lipinski definition) is 6. The Morgan fingerprint density at radius 3 is 2.65 bits per heavy atom. The van der Waals surface area contributed by atoms with Crippen LogP contribution in [0.5, 0.6) is 0 Å². The van der Waals surface area contributed by atoms with Gasteiger partial charge in [0.15, 0.2) is 11.5 Å². The van der Waals surface area contributed by atoms with E-state index in [1.165, 1.54) is 12.8 Å². The fourth-order valence-corrected chi connectivity index (χ4v) is 2.98. The van der Waals surface area contributed by atoms with Crippen LogP contribution >= 0.6 is 0 Å². The van der Waals surface area contributed by atoms with E-state index in [2.05, 4.69) is 30.0 Å². The molecule has 0 saturated carbocycles. The van der Waals surface area contributed by atoms with Crippen molar-refractivity contribution >= 4 is 11.6 Å². The molecule has 4 heterocycles. The number of nitrogens with zero attached hydrogens (tertiary/aromatic N) is 8. The zero-order valence-corrected chi connectivity index (χ0v) is 13.5. The molecule has 1 aliphatic rings. The summed E-state index contributed by atoms with van der Waals surface area (Å²) in [4.78, 5) is 15.6. The van der Waals surface area contributed by atoms with Gasteiger partial charge < -0.3 is 4.90 Å². The van der Waals surface area contributed by atoms with Crippen molar-refractivity contribution < 1.29 is 0 Å². The minimum absolute atomic E-state index is 0.743. The first kappa shape index (κ1) is 14.1. The predicted octanol–water partition coefficient (Wildman–Crippen LogP) is 0.947. The zero-order valence-electron chi connectivity index (χ0n) is 13.5. The van der Waals surface area contributed by atoms with Crippen LogP contribution in [0.4, 0.5) is 5.95 Å². The molecule has 8 heteroatoms. The molecular formula is C15H20N8. The second-order valence-electron chi connectivity index (χ2n) is 5.99. The van der Waals surface area contributed by atoms with Crippen LogP contribution in [0.15, 0.2) is 12.4 Å². The zero-order chi connectivity index (χ0) is 15.8. The van der Waals surface area contributed by atoms with Gasteiger partial charge in [-0.25, -0.2) is 9.50 Å². The van der Waals surface area contributed by atoms with Gasteiger partial charge in [-0.2, -0.15) is 10.1 Å². The molecular weight excluding hydrogens is 292 g/mol. The predicted molar refractivity (Wildman–Crippen MR) is 85.4 cm³/mol. The van der Waals surface area contributed by atoms with Gasteiger partial charge in [-0.15, -0.1) is 5.10 Å². The largest absolute Gasteiger partial charge is 0.340 e. The van der Waals surface area contributed by atoms with Gasteiger partial charge in [0, 0.05) is 39.2 Å². The number of rotatable bonds is 4. The Balaban J connectivity index is 1.50. The molecule has 0 spiro atoms. The second kappa shape index (κ2) is 5.60. The smallest absolute Gasteiger partial charge is 0.244 e. The van der Waals surface area contributed by atoms with Crippen LogP contribution in [-0.4, -0.2) is 47.4 Å². The average molecular weight is 312 g/mol. The molecule has 4 rings (SSSR count). The molecule has 3 aromatic heterocycles. The molecule has 0 radical (unpaired) electrons. The van der Waals surface area contributed by atoms with Crippen LogP contribution in [-0.2, 0) is 19.9 Å². The third-order valence-electron chi connectivity index (χ3n) is 4.26. The molecule has 23 heavy (non-hydrogen) atoms. The molecule has 0 bridgehead atoms. The lowest BCUT2D eigenvalue weighted by Gasteiger charge is -2.10. The third kappa shape index (κ3) is 2.64. The minimum Gasteiger partial charge on any atom is -0.340 e. The standard InChI is InChI=1S/C15H20N8/c1-11-9-16-10-14-17-12(19-23(11)14)5-6-13-18-15(20-21(13)2)22-7-3-4-8-22/h9-10H,3-8H2,1-2H3. The monoisotopic (exact) mass is 312 g/mol. The number of aromatic nitrogens is 7. The lowest BCUT2D eigenvalue weighted by molar-refractivity contribution is 0.681. The highest BCUT2D eigenvalue weighted by molar-refractivity contribution is 5.35. The van der Waals surface area contributed by atoms with E-state index in [1.54, 1.807) is 12.4 Å². The SMILES string of the molecule is Cc1cncc2nc(CCc3nc(N4CCCC4)nn3C)nn12. The number of hydrogen-bond donors (Lipinski definition) is 0. The lowest BCUT2D eigenvalue weighted by atomic mass is 10.3. The second-order valence-corrected chi connectivity index (χ2v) is 5.99. The van der Waals surface area contributed by atoms with Crippen molar-refractivity contribution in [1.29, 1.82) is 0 Å². The van der Waals surface area contributed by atoms with Crippen molar-refractivity contribution in [3.8, 4) is 0 Å². The van der Waals surface area contributed by atoms with Gasteiger partial charge in [-0.05, 0) is 19.8 Å². The van der Waals surface area contributed by atoms with E-state index >= 15 is 0 Å². The quantitative estimate of drug-likeness (QED) is 0.714. The summed E-state index contributed by atoms with van der Waals surface area (Å²) in [5, 5.41) is 9.08. The van der Waals surface area contributed by atoms with E-state index in [9.17, 15) is 0 Å². The van der Waals surface area contributed by atoms with Crippen LogP contribution in [0.3, 0.4) is 0 Å². The van der Waals surface area contributed by atoms with E-state index in [0.717, 1.165) is 54.9 Å². The first-order valence-corrected chi connectivity index (χ1v) is 8.02. The molecule has 1 saturated heterocycles. The van der Waals surface area contributed by atoms with Crippen LogP contribution in [0.25, 0.3) is 5.65 Å². The maximum Gasteiger partial charge on any atom is 0.244 e. The molecule has 1 fully saturated rings. The maximum atomic E-state index is 4.68. The van der Waals surface area contributed by atoms with E-state index in [1.807, 2.05) is 23.2 Å². The van der Waals surface area contributed by atoms with Gasteiger partial charge in [0.05, 0.1) is 11.9 Å². The van der Waals surface area contributed by atoms with Crippen molar-refractivity contribution in [3.05, 3.63) is 29.7 Å². The summed E-state index contributed by atoms with van der Waals surface area (Å²) in [5.41, 5.74) is 1.77. The highest BCUT2D eigenvalue weighted by Crippen LogP contribution is 2.16. The van der Waals surface area contributed by atoms with Crippen molar-refractivity contribution in [2.24, 2.45) is 7.05 Å². The summed E-state index contributed by atoms with van der Waals surface area (Å²) in [7, 11) is 1.95.